The van der Waals surface area contributed by atoms with Crippen LogP contribution in [-0.2, 0) is 13.1 Å². The minimum Gasteiger partial charge on any atom is -0.467 e. The first-order valence-corrected chi connectivity index (χ1v) is 11.5. The number of aromatic nitrogens is 3. The lowest BCUT2D eigenvalue weighted by Crippen LogP contribution is -2.30. The molecule has 4 aromatic heterocycles. The van der Waals surface area contributed by atoms with Crippen molar-refractivity contribution in [2.75, 3.05) is 0 Å². The molecule has 32 heavy (non-hydrogen) atoms. The van der Waals surface area contributed by atoms with Crippen molar-refractivity contribution in [2.24, 2.45) is 0 Å². The van der Waals surface area contributed by atoms with Gasteiger partial charge in [0.1, 0.15) is 11.6 Å². The second-order valence-corrected chi connectivity index (χ2v) is 8.93. The smallest absolute Gasteiger partial charge is 0.294 e. The highest BCUT2D eigenvalue weighted by atomic mass is 32.1. The Balaban J connectivity index is 1.54. The van der Waals surface area contributed by atoms with Crippen LogP contribution in [0.2, 0.25) is 0 Å². The Morgan fingerprint density at radius 2 is 1.91 bits per heavy atom. The van der Waals surface area contributed by atoms with Crippen molar-refractivity contribution in [2.45, 2.75) is 13.1 Å². The SMILES string of the molecule is O=C(c1nc(-c2cccs2)n(-c2cccc(F)c2)n1)N(Cc1ccco1)Cc1cccs1. The van der Waals surface area contributed by atoms with Crippen molar-refractivity contribution < 1.29 is 13.6 Å². The number of hydrogen-bond donors (Lipinski definition) is 0. The first kappa shape index (κ1) is 20.3. The summed E-state index contributed by atoms with van der Waals surface area (Å²) in [6, 6.07) is 17.4. The molecule has 0 spiro atoms. The van der Waals surface area contributed by atoms with Crippen LogP contribution in [0, 0.1) is 5.82 Å². The fraction of sp³-hybridized carbons (Fsp3) is 0.0870. The third-order valence-electron chi connectivity index (χ3n) is 4.73. The summed E-state index contributed by atoms with van der Waals surface area (Å²) >= 11 is 3.05. The quantitative estimate of drug-likeness (QED) is 0.313. The van der Waals surface area contributed by atoms with Crippen molar-refractivity contribution in [1.82, 2.24) is 19.7 Å². The number of furan rings is 1. The van der Waals surface area contributed by atoms with Gasteiger partial charge < -0.3 is 9.32 Å². The molecule has 0 N–H and O–H groups in total. The lowest BCUT2D eigenvalue weighted by atomic mass is 10.3. The second kappa shape index (κ2) is 8.89. The number of rotatable bonds is 7. The molecule has 1 amide bonds. The maximum atomic E-state index is 13.9. The molecular formula is C23H17FN4O2S2. The van der Waals surface area contributed by atoms with Gasteiger partial charge >= 0.3 is 0 Å². The summed E-state index contributed by atoms with van der Waals surface area (Å²) in [5.74, 6) is 0.477. The first-order valence-electron chi connectivity index (χ1n) is 9.78. The topological polar surface area (TPSA) is 64.2 Å². The molecule has 5 aromatic rings. The van der Waals surface area contributed by atoms with Gasteiger partial charge in [-0.2, -0.15) is 0 Å². The Bertz CT molecular complexity index is 1280. The molecule has 1 aromatic carbocycles. The van der Waals surface area contributed by atoms with E-state index in [0.29, 0.717) is 23.8 Å². The summed E-state index contributed by atoms with van der Waals surface area (Å²) < 4.78 is 20.9. The van der Waals surface area contributed by atoms with E-state index in [1.807, 2.05) is 41.1 Å². The molecule has 0 bridgehead atoms. The van der Waals surface area contributed by atoms with Gasteiger partial charge in [0, 0.05) is 4.88 Å². The average Bonchev–Trinajstić information content (AvgIpc) is 3.60. The van der Waals surface area contributed by atoms with Gasteiger partial charge in [0.25, 0.3) is 5.91 Å². The number of benzene rings is 1. The van der Waals surface area contributed by atoms with Gasteiger partial charge in [0.15, 0.2) is 5.82 Å². The largest absolute Gasteiger partial charge is 0.467 e. The normalized spacial score (nSPS) is 11.0. The number of carbonyl (C=O) groups is 1. The standard InChI is InChI=1S/C23H17FN4O2S2/c24-16-5-1-6-17(13-16)28-22(20-9-4-12-32-20)25-21(26-28)23(29)27(14-18-7-2-10-30-18)15-19-8-3-11-31-19/h1-13H,14-15H2. The van der Waals surface area contributed by atoms with Crippen LogP contribution in [0.1, 0.15) is 21.3 Å². The predicted octanol–water partition coefficient (Wildman–Crippen LogP) is 5.63. The van der Waals surface area contributed by atoms with E-state index in [0.717, 1.165) is 9.75 Å². The van der Waals surface area contributed by atoms with Gasteiger partial charge in [-0.15, -0.1) is 27.8 Å². The van der Waals surface area contributed by atoms with E-state index in [1.54, 1.807) is 40.7 Å². The molecule has 5 rings (SSSR count). The zero-order valence-corrected chi connectivity index (χ0v) is 18.4. The van der Waals surface area contributed by atoms with Crippen LogP contribution in [0.25, 0.3) is 16.4 Å². The third kappa shape index (κ3) is 4.25. The van der Waals surface area contributed by atoms with Crippen molar-refractivity contribution in [3.8, 4) is 16.4 Å². The van der Waals surface area contributed by atoms with Crippen molar-refractivity contribution in [3.63, 3.8) is 0 Å². The Morgan fingerprint density at radius 1 is 1.03 bits per heavy atom. The number of amides is 1. The summed E-state index contributed by atoms with van der Waals surface area (Å²) in [6.07, 6.45) is 1.58. The fourth-order valence-corrected chi connectivity index (χ4v) is 4.70. The van der Waals surface area contributed by atoms with Crippen molar-refractivity contribution in [3.05, 3.63) is 100.0 Å². The van der Waals surface area contributed by atoms with Gasteiger partial charge in [-0.05, 0) is 53.2 Å². The zero-order valence-electron chi connectivity index (χ0n) is 16.7. The van der Waals surface area contributed by atoms with Crippen LogP contribution >= 0.6 is 22.7 Å². The van der Waals surface area contributed by atoms with Crippen LogP contribution < -0.4 is 0 Å². The van der Waals surface area contributed by atoms with Gasteiger partial charge in [0.05, 0.1) is 29.9 Å². The summed E-state index contributed by atoms with van der Waals surface area (Å²) in [4.78, 5) is 21.6. The molecule has 0 atom stereocenters. The van der Waals surface area contributed by atoms with Crippen LogP contribution in [-0.4, -0.2) is 25.6 Å². The number of halogens is 1. The van der Waals surface area contributed by atoms with E-state index in [4.69, 9.17) is 4.42 Å². The second-order valence-electron chi connectivity index (χ2n) is 6.95. The summed E-state index contributed by atoms with van der Waals surface area (Å²) in [5, 5.41) is 8.37. The zero-order chi connectivity index (χ0) is 21.9. The molecule has 0 aliphatic heterocycles. The molecule has 9 heteroatoms. The average molecular weight is 465 g/mol. The summed E-state index contributed by atoms with van der Waals surface area (Å²) in [5.41, 5.74) is 0.496. The van der Waals surface area contributed by atoms with Crippen LogP contribution in [0.5, 0.6) is 0 Å². The van der Waals surface area contributed by atoms with Gasteiger partial charge in [-0.3, -0.25) is 4.79 Å². The Labute approximate surface area is 191 Å². The number of thiophene rings is 2. The summed E-state index contributed by atoms with van der Waals surface area (Å²) in [7, 11) is 0. The lowest BCUT2D eigenvalue weighted by Gasteiger charge is -2.19. The van der Waals surface area contributed by atoms with Crippen LogP contribution in [0.4, 0.5) is 4.39 Å². The molecular weight excluding hydrogens is 447 g/mol. The van der Waals surface area contributed by atoms with Gasteiger partial charge in [-0.1, -0.05) is 18.2 Å². The predicted molar refractivity (Wildman–Crippen MR) is 121 cm³/mol. The molecule has 0 radical (unpaired) electrons. The Kier molecular flexibility index (Phi) is 5.66. The molecule has 4 heterocycles. The number of nitrogens with zero attached hydrogens (tertiary/aromatic N) is 4. The number of carbonyl (C=O) groups excluding carboxylic acids is 1. The molecule has 0 fully saturated rings. The fourth-order valence-electron chi connectivity index (χ4n) is 3.28. The highest BCUT2D eigenvalue weighted by molar-refractivity contribution is 7.13. The molecule has 0 saturated heterocycles. The molecule has 0 saturated carbocycles. The van der Waals surface area contributed by atoms with Crippen LogP contribution in [0.15, 0.2) is 82.1 Å². The van der Waals surface area contributed by atoms with Gasteiger partial charge in [-0.25, -0.2) is 14.1 Å². The summed E-state index contributed by atoms with van der Waals surface area (Å²) in [6.45, 7) is 0.687. The van der Waals surface area contributed by atoms with E-state index < -0.39 is 0 Å². The van der Waals surface area contributed by atoms with Crippen molar-refractivity contribution in [1.29, 1.82) is 0 Å². The highest BCUT2D eigenvalue weighted by Gasteiger charge is 2.25. The first-order chi connectivity index (χ1) is 15.7. The molecule has 0 aliphatic carbocycles. The number of hydrogen-bond acceptors (Lipinski definition) is 6. The van der Waals surface area contributed by atoms with Crippen LogP contribution in [0.3, 0.4) is 0 Å². The Morgan fingerprint density at radius 3 is 2.62 bits per heavy atom. The van der Waals surface area contributed by atoms with E-state index in [9.17, 15) is 9.18 Å². The minimum atomic E-state index is -0.389. The lowest BCUT2D eigenvalue weighted by molar-refractivity contribution is 0.0707. The molecule has 0 aliphatic rings. The van der Waals surface area contributed by atoms with E-state index in [1.165, 1.54) is 28.2 Å². The Hall–Kier alpha value is -3.56. The maximum Gasteiger partial charge on any atom is 0.294 e. The molecule has 160 valence electrons. The molecule has 6 nitrogen and oxygen atoms in total. The van der Waals surface area contributed by atoms with Crippen molar-refractivity contribution >= 4 is 28.6 Å². The van der Waals surface area contributed by atoms with Gasteiger partial charge in [0.2, 0.25) is 5.82 Å². The minimum absolute atomic E-state index is 0.0424. The van der Waals surface area contributed by atoms with E-state index in [-0.39, 0.29) is 24.1 Å². The third-order valence-corrected chi connectivity index (χ3v) is 6.46. The monoisotopic (exact) mass is 464 g/mol. The van der Waals surface area contributed by atoms with E-state index >= 15 is 0 Å². The highest BCUT2D eigenvalue weighted by Crippen LogP contribution is 2.26. The van der Waals surface area contributed by atoms with E-state index in [2.05, 4.69) is 10.1 Å². The molecule has 0 unspecified atom stereocenters. The maximum absolute atomic E-state index is 13.9.